The Hall–Kier alpha value is -2.45. The van der Waals surface area contributed by atoms with E-state index in [4.69, 9.17) is 14.6 Å². The predicted molar refractivity (Wildman–Crippen MR) is 116 cm³/mol. The number of aryl methyl sites for hydroxylation is 1. The minimum Gasteiger partial charge on any atom is -0.483 e. The highest BCUT2D eigenvalue weighted by molar-refractivity contribution is 5.90. The lowest BCUT2D eigenvalue weighted by atomic mass is 9.77. The Morgan fingerprint density at radius 1 is 1.32 bits per heavy atom. The molecular weight excluding hydrogens is 401 g/mol. The van der Waals surface area contributed by atoms with Crippen LogP contribution in [0, 0.1) is 24.6 Å². The van der Waals surface area contributed by atoms with Crippen molar-refractivity contribution in [2.24, 2.45) is 11.8 Å². The zero-order valence-electron chi connectivity index (χ0n) is 18.6. The Morgan fingerprint density at radius 2 is 1.97 bits per heavy atom. The van der Waals surface area contributed by atoms with E-state index in [9.17, 15) is 9.18 Å². The summed E-state index contributed by atoms with van der Waals surface area (Å²) in [6.07, 6.45) is 2.62. The number of amides is 1. The van der Waals surface area contributed by atoms with Gasteiger partial charge in [-0.1, -0.05) is 0 Å². The largest absolute Gasteiger partial charge is 0.483 e. The molecule has 8 heteroatoms. The molecule has 0 bridgehead atoms. The summed E-state index contributed by atoms with van der Waals surface area (Å²) in [6.45, 7) is 3.33. The van der Waals surface area contributed by atoms with Gasteiger partial charge in [0, 0.05) is 42.8 Å². The molecule has 2 N–H and O–H groups in total. The first-order valence-electron chi connectivity index (χ1n) is 10.6. The average molecular weight is 434 g/mol. The second kappa shape index (κ2) is 9.78. The van der Waals surface area contributed by atoms with Crippen molar-refractivity contribution in [3.8, 4) is 0 Å². The molecule has 31 heavy (non-hydrogen) atoms. The smallest absolute Gasteiger partial charge is 0.290 e. The second-order valence-corrected chi connectivity index (χ2v) is 8.80. The summed E-state index contributed by atoms with van der Waals surface area (Å²) in [5.41, 5.74) is 2.74. The number of nitrogens with one attached hydrogen (secondary N) is 1. The van der Waals surface area contributed by atoms with Crippen molar-refractivity contribution in [2.75, 3.05) is 34.3 Å². The lowest BCUT2D eigenvalue weighted by Gasteiger charge is -2.40. The van der Waals surface area contributed by atoms with Crippen LogP contribution in [0.15, 0.2) is 18.2 Å². The van der Waals surface area contributed by atoms with Gasteiger partial charge in [-0.2, -0.15) is 0 Å². The van der Waals surface area contributed by atoms with Gasteiger partial charge >= 0.3 is 0 Å². The number of rotatable bonds is 4. The van der Waals surface area contributed by atoms with Gasteiger partial charge in [0.1, 0.15) is 5.82 Å². The van der Waals surface area contributed by atoms with Crippen LogP contribution in [-0.2, 0) is 20.7 Å². The number of hydrogen-bond acceptors (Lipinski definition) is 4. The first-order chi connectivity index (χ1) is 14.8. The van der Waals surface area contributed by atoms with Gasteiger partial charge in [0.25, 0.3) is 6.47 Å². The molecule has 7 nitrogen and oxygen atoms in total. The molecular formula is C23H32FN3O4. The highest BCUT2D eigenvalue weighted by atomic mass is 19.1. The summed E-state index contributed by atoms with van der Waals surface area (Å²) in [5.74, 6) is 0.904. The molecule has 2 heterocycles. The molecule has 1 amide bonds. The first-order valence-corrected chi connectivity index (χ1v) is 10.6. The van der Waals surface area contributed by atoms with Gasteiger partial charge in [-0.05, 0) is 69.5 Å². The highest BCUT2D eigenvalue weighted by Crippen LogP contribution is 2.39. The van der Waals surface area contributed by atoms with Crippen LogP contribution in [0.4, 0.5) is 4.39 Å². The van der Waals surface area contributed by atoms with E-state index in [1.54, 1.807) is 13.2 Å². The van der Waals surface area contributed by atoms with E-state index >= 15 is 0 Å². The van der Waals surface area contributed by atoms with Gasteiger partial charge in [0.05, 0.1) is 12.5 Å². The molecule has 0 spiro atoms. The molecule has 170 valence electrons. The Labute approximate surface area is 182 Å². The number of H-pyrrole nitrogens is 1. The van der Waals surface area contributed by atoms with Crippen molar-refractivity contribution in [3.05, 3.63) is 35.3 Å². The third-order valence-corrected chi connectivity index (χ3v) is 6.81. The van der Waals surface area contributed by atoms with Crippen molar-refractivity contribution in [1.82, 2.24) is 14.8 Å². The summed E-state index contributed by atoms with van der Waals surface area (Å²) in [6, 6.07) is 5.11. The molecule has 2 aliphatic rings. The molecule has 0 unspecified atom stereocenters. The summed E-state index contributed by atoms with van der Waals surface area (Å²) >= 11 is 0. The SMILES string of the molecule is CO[C@@H]1C[C@H]2CN(C(=O)Cc3c(C)[nH]c4ccc(F)cc34)C[C@H]2C[C@H]1N(C)C.O=CO. The summed E-state index contributed by atoms with van der Waals surface area (Å²) in [7, 11) is 6.00. The molecule has 1 aromatic heterocycles. The van der Waals surface area contributed by atoms with E-state index in [1.807, 2.05) is 11.8 Å². The van der Waals surface area contributed by atoms with Crippen LogP contribution < -0.4 is 0 Å². The van der Waals surface area contributed by atoms with Crippen LogP contribution >= 0.6 is 0 Å². The fraction of sp³-hybridized carbons (Fsp3) is 0.565. The molecule has 4 rings (SSSR count). The summed E-state index contributed by atoms with van der Waals surface area (Å²) in [4.78, 5) is 29.0. The van der Waals surface area contributed by atoms with Crippen LogP contribution in [0.2, 0.25) is 0 Å². The molecule has 1 aromatic carbocycles. The Morgan fingerprint density at radius 3 is 2.58 bits per heavy atom. The summed E-state index contributed by atoms with van der Waals surface area (Å²) in [5, 5.41) is 7.70. The van der Waals surface area contributed by atoms with Crippen LogP contribution in [0.5, 0.6) is 0 Å². The lowest BCUT2D eigenvalue weighted by molar-refractivity contribution is -0.129. The molecule has 1 saturated carbocycles. The van der Waals surface area contributed by atoms with Gasteiger partial charge in [-0.15, -0.1) is 0 Å². The van der Waals surface area contributed by atoms with Crippen LogP contribution in [-0.4, -0.2) is 78.7 Å². The van der Waals surface area contributed by atoms with Crippen molar-refractivity contribution < 1.29 is 23.8 Å². The first kappa shape index (κ1) is 23.2. The van der Waals surface area contributed by atoms with Crippen LogP contribution in [0.25, 0.3) is 10.9 Å². The van der Waals surface area contributed by atoms with Gasteiger partial charge < -0.3 is 24.6 Å². The molecule has 1 saturated heterocycles. The molecule has 1 aliphatic heterocycles. The fourth-order valence-electron chi connectivity index (χ4n) is 5.24. The second-order valence-electron chi connectivity index (χ2n) is 8.80. The van der Waals surface area contributed by atoms with Crippen molar-refractivity contribution in [2.45, 2.75) is 38.3 Å². The van der Waals surface area contributed by atoms with E-state index in [0.29, 0.717) is 24.3 Å². The molecule has 2 fully saturated rings. The maximum Gasteiger partial charge on any atom is 0.290 e. The quantitative estimate of drug-likeness (QED) is 0.724. The number of aromatic amines is 1. The van der Waals surface area contributed by atoms with E-state index < -0.39 is 0 Å². The number of nitrogens with zero attached hydrogens (tertiary/aromatic N) is 2. The van der Waals surface area contributed by atoms with Gasteiger partial charge in [-0.25, -0.2) is 4.39 Å². The maximum atomic E-state index is 13.7. The number of likely N-dealkylation sites (tertiary alicyclic amines) is 1. The number of hydrogen-bond donors (Lipinski definition) is 2. The average Bonchev–Trinajstić information content (AvgIpc) is 3.28. The van der Waals surface area contributed by atoms with E-state index in [1.165, 1.54) is 12.1 Å². The third-order valence-electron chi connectivity index (χ3n) is 6.81. The number of ether oxygens (including phenoxy) is 1. The molecule has 0 radical (unpaired) electrons. The Bertz CT molecular complexity index is 929. The molecule has 1 aliphatic carbocycles. The number of halogens is 1. The van der Waals surface area contributed by atoms with Gasteiger partial charge in [-0.3, -0.25) is 9.59 Å². The monoisotopic (exact) mass is 433 g/mol. The normalized spacial score (nSPS) is 25.3. The van der Waals surface area contributed by atoms with Crippen molar-refractivity contribution in [1.29, 1.82) is 0 Å². The number of carbonyl (C=O) groups is 2. The molecule has 4 atom stereocenters. The fourth-order valence-corrected chi connectivity index (χ4v) is 5.24. The van der Waals surface area contributed by atoms with Crippen molar-refractivity contribution in [3.63, 3.8) is 0 Å². The minimum absolute atomic E-state index is 0.137. The minimum atomic E-state index is -0.271. The zero-order valence-corrected chi connectivity index (χ0v) is 18.6. The topological polar surface area (TPSA) is 85.9 Å². The van der Waals surface area contributed by atoms with E-state index in [2.05, 4.69) is 24.0 Å². The highest BCUT2D eigenvalue weighted by Gasteiger charge is 2.44. The number of benzene rings is 1. The predicted octanol–water partition coefficient (Wildman–Crippen LogP) is 2.67. The van der Waals surface area contributed by atoms with Crippen molar-refractivity contribution >= 4 is 23.3 Å². The van der Waals surface area contributed by atoms with E-state index in [0.717, 1.165) is 48.1 Å². The standard InChI is InChI=1S/C22H30FN3O2.CH2O2/c1-13-17(18-9-16(23)5-6-19(18)24-13)10-22(27)26-11-14-7-20(25(2)3)21(28-4)8-15(14)12-26;2-1-3/h5-6,9,14-15,20-21,24H,7-8,10-12H2,1-4H3;1H,(H,2,3)/t14-,15+,20-,21-;/m1./s1. The van der Waals surface area contributed by atoms with Crippen LogP contribution in [0.1, 0.15) is 24.1 Å². The Balaban J connectivity index is 0.000000858. The van der Waals surface area contributed by atoms with Gasteiger partial charge in [0.2, 0.25) is 5.91 Å². The lowest BCUT2D eigenvalue weighted by Crippen LogP contribution is -2.47. The third kappa shape index (κ3) is 4.91. The Kier molecular flexibility index (Phi) is 7.33. The maximum absolute atomic E-state index is 13.7. The number of methoxy groups -OCH3 is 1. The zero-order chi connectivity index (χ0) is 22.7. The van der Waals surface area contributed by atoms with Gasteiger partial charge in [0.15, 0.2) is 0 Å². The number of fused-ring (bicyclic) bond motifs is 2. The number of carbonyl (C=O) groups excluding carboxylic acids is 1. The summed E-state index contributed by atoms with van der Waals surface area (Å²) < 4.78 is 19.5. The van der Waals surface area contributed by atoms with E-state index in [-0.39, 0.29) is 24.3 Å². The number of likely N-dealkylation sites (N-methyl/N-ethyl adjacent to an activating group) is 1. The number of aromatic nitrogens is 1. The molecule has 2 aromatic rings. The number of carboxylic acid groups (broad SMARTS) is 1. The van der Waals surface area contributed by atoms with Crippen LogP contribution in [0.3, 0.4) is 0 Å².